The van der Waals surface area contributed by atoms with Gasteiger partial charge in [-0.3, -0.25) is 0 Å². The standard InChI is InChI=1S/C18H19F2N3/c19-13-1-4-15(5-2-13)22-9-10-23(16-7-8-21-12-16)17-6-3-14(20)11-18(17)22/h1-6,11,16,21H,7-10,12H2/t16-/m1/s1. The molecule has 0 aliphatic carbocycles. The Morgan fingerprint density at radius 2 is 1.70 bits per heavy atom. The highest BCUT2D eigenvalue weighted by Crippen LogP contribution is 2.39. The van der Waals surface area contributed by atoms with Gasteiger partial charge in [0.25, 0.3) is 0 Å². The number of halogens is 2. The molecule has 0 spiro atoms. The van der Waals surface area contributed by atoms with Gasteiger partial charge < -0.3 is 15.1 Å². The minimum Gasteiger partial charge on any atom is -0.364 e. The van der Waals surface area contributed by atoms with Gasteiger partial charge in [-0.05, 0) is 55.4 Å². The Morgan fingerprint density at radius 1 is 0.913 bits per heavy atom. The van der Waals surface area contributed by atoms with E-state index in [0.29, 0.717) is 6.04 Å². The fourth-order valence-electron chi connectivity index (χ4n) is 3.58. The van der Waals surface area contributed by atoms with Gasteiger partial charge in [0.05, 0.1) is 11.4 Å². The van der Waals surface area contributed by atoms with Crippen LogP contribution >= 0.6 is 0 Å². The van der Waals surface area contributed by atoms with E-state index in [0.717, 1.165) is 49.7 Å². The van der Waals surface area contributed by atoms with Crippen LogP contribution in [0, 0.1) is 11.6 Å². The first-order valence-corrected chi connectivity index (χ1v) is 8.02. The molecule has 0 saturated carbocycles. The lowest BCUT2D eigenvalue weighted by Crippen LogP contribution is -2.45. The molecule has 1 atom stereocenters. The second kappa shape index (κ2) is 5.81. The van der Waals surface area contributed by atoms with Gasteiger partial charge in [-0.15, -0.1) is 0 Å². The van der Waals surface area contributed by atoms with E-state index in [4.69, 9.17) is 0 Å². The molecule has 2 heterocycles. The van der Waals surface area contributed by atoms with Crippen molar-refractivity contribution in [3.63, 3.8) is 0 Å². The molecule has 2 aromatic carbocycles. The maximum atomic E-state index is 13.8. The lowest BCUT2D eigenvalue weighted by atomic mass is 10.1. The maximum absolute atomic E-state index is 13.8. The van der Waals surface area contributed by atoms with Crippen molar-refractivity contribution in [2.75, 3.05) is 36.0 Å². The molecule has 3 nitrogen and oxygen atoms in total. The molecule has 0 bridgehead atoms. The highest BCUT2D eigenvalue weighted by Gasteiger charge is 2.30. The zero-order chi connectivity index (χ0) is 15.8. The van der Waals surface area contributed by atoms with Crippen LogP contribution in [0.3, 0.4) is 0 Å². The molecule has 5 heteroatoms. The lowest BCUT2D eigenvalue weighted by Gasteiger charge is -2.41. The zero-order valence-electron chi connectivity index (χ0n) is 12.8. The summed E-state index contributed by atoms with van der Waals surface area (Å²) >= 11 is 0. The maximum Gasteiger partial charge on any atom is 0.125 e. The third-order valence-electron chi connectivity index (χ3n) is 4.72. The number of fused-ring (bicyclic) bond motifs is 1. The van der Waals surface area contributed by atoms with Crippen molar-refractivity contribution < 1.29 is 8.78 Å². The number of nitrogens with one attached hydrogen (secondary N) is 1. The number of anilines is 3. The average Bonchev–Trinajstić information content (AvgIpc) is 3.09. The van der Waals surface area contributed by atoms with Crippen molar-refractivity contribution in [3.8, 4) is 0 Å². The van der Waals surface area contributed by atoms with Crippen LogP contribution in [-0.4, -0.2) is 32.2 Å². The van der Waals surface area contributed by atoms with Gasteiger partial charge in [-0.2, -0.15) is 0 Å². The molecule has 0 aromatic heterocycles. The predicted molar refractivity (Wildman–Crippen MR) is 88.4 cm³/mol. The molecule has 0 amide bonds. The molecule has 0 unspecified atom stereocenters. The topological polar surface area (TPSA) is 18.5 Å². The van der Waals surface area contributed by atoms with E-state index in [1.165, 1.54) is 18.2 Å². The SMILES string of the molecule is Fc1ccc(N2CCN([C@@H]3CCNC3)c3ccc(F)cc32)cc1. The molecular formula is C18H19F2N3. The average molecular weight is 315 g/mol. The minimum absolute atomic E-state index is 0.248. The van der Waals surface area contributed by atoms with Gasteiger partial charge in [0.2, 0.25) is 0 Å². The van der Waals surface area contributed by atoms with Crippen molar-refractivity contribution in [2.24, 2.45) is 0 Å². The highest BCUT2D eigenvalue weighted by atomic mass is 19.1. The Balaban J connectivity index is 1.74. The molecule has 2 aliphatic heterocycles. The summed E-state index contributed by atoms with van der Waals surface area (Å²) in [5, 5.41) is 3.39. The van der Waals surface area contributed by atoms with E-state index in [9.17, 15) is 8.78 Å². The van der Waals surface area contributed by atoms with Crippen molar-refractivity contribution in [1.82, 2.24) is 5.32 Å². The van der Waals surface area contributed by atoms with Crippen molar-refractivity contribution in [2.45, 2.75) is 12.5 Å². The predicted octanol–water partition coefficient (Wildman–Crippen LogP) is 3.28. The van der Waals surface area contributed by atoms with E-state index in [1.54, 1.807) is 18.2 Å². The Hall–Kier alpha value is -2.14. The smallest absolute Gasteiger partial charge is 0.125 e. The monoisotopic (exact) mass is 315 g/mol. The Labute approximate surface area is 134 Å². The molecule has 23 heavy (non-hydrogen) atoms. The molecule has 120 valence electrons. The first kappa shape index (κ1) is 14.5. The zero-order valence-corrected chi connectivity index (χ0v) is 12.8. The summed E-state index contributed by atoms with van der Waals surface area (Å²) in [4.78, 5) is 4.44. The third kappa shape index (κ3) is 2.65. The summed E-state index contributed by atoms with van der Waals surface area (Å²) < 4.78 is 27.0. The van der Waals surface area contributed by atoms with E-state index in [1.807, 2.05) is 6.07 Å². The van der Waals surface area contributed by atoms with Crippen molar-refractivity contribution in [3.05, 3.63) is 54.1 Å². The van der Waals surface area contributed by atoms with Gasteiger partial charge in [0.15, 0.2) is 0 Å². The van der Waals surface area contributed by atoms with Crippen LogP contribution in [0.5, 0.6) is 0 Å². The van der Waals surface area contributed by atoms with Gasteiger partial charge in [-0.1, -0.05) is 0 Å². The van der Waals surface area contributed by atoms with E-state index < -0.39 is 0 Å². The Morgan fingerprint density at radius 3 is 2.43 bits per heavy atom. The number of hydrogen-bond acceptors (Lipinski definition) is 3. The van der Waals surface area contributed by atoms with Gasteiger partial charge >= 0.3 is 0 Å². The molecule has 1 fully saturated rings. The molecule has 0 radical (unpaired) electrons. The highest BCUT2D eigenvalue weighted by molar-refractivity contribution is 5.79. The number of nitrogens with zero attached hydrogens (tertiary/aromatic N) is 2. The Kier molecular flexibility index (Phi) is 3.65. The van der Waals surface area contributed by atoms with E-state index >= 15 is 0 Å². The minimum atomic E-state index is -0.260. The summed E-state index contributed by atoms with van der Waals surface area (Å²) in [6.45, 7) is 3.63. The van der Waals surface area contributed by atoms with Crippen LogP contribution in [0.4, 0.5) is 25.8 Å². The second-order valence-electron chi connectivity index (χ2n) is 6.10. The van der Waals surface area contributed by atoms with Crippen LogP contribution in [0.2, 0.25) is 0 Å². The first-order chi connectivity index (χ1) is 11.2. The molecule has 1 N–H and O–H groups in total. The van der Waals surface area contributed by atoms with Crippen LogP contribution < -0.4 is 15.1 Å². The fraction of sp³-hybridized carbons (Fsp3) is 0.333. The van der Waals surface area contributed by atoms with Crippen LogP contribution in [-0.2, 0) is 0 Å². The van der Waals surface area contributed by atoms with Crippen LogP contribution in [0.25, 0.3) is 0 Å². The molecule has 1 saturated heterocycles. The van der Waals surface area contributed by atoms with Gasteiger partial charge in [0.1, 0.15) is 11.6 Å². The number of hydrogen-bond donors (Lipinski definition) is 1. The van der Waals surface area contributed by atoms with Gasteiger partial charge in [0, 0.05) is 31.4 Å². The summed E-state index contributed by atoms with van der Waals surface area (Å²) in [6, 6.07) is 11.8. The molecular weight excluding hydrogens is 296 g/mol. The van der Waals surface area contributed by atoms with Crippen molar-refractivity contribution >= 4 is 17.1 Å². The molecule has 4 rings (SSSR count). The van der Waals surface area contributed by atoms with Crippen LogP contribution in [0.15, 0.2) is 42.5 Å². The van der Waals surface area contributed by atoms with E-state index in [-0.39, 0.29) is 11.6 Å². The lowest BCUT2D eigenvalue weighted by molar-refractivity contribution is 0.606. The third-order valence-corrected chi connectivity index (χ3v) is 4.72. The Bertz CT molecular complexity index is 696. The number of benzene rings is 2. The first-order valence-electron chi connectivity index (χ1n) is 8.02. The largest absolute Gasteiger partial charge is 0.364 e. The van der Waals surface area contributed by atoms with Crippen molar-refractivity contribution in [1.29, 1.82) is 0 Å². The summed E-state index contributed by atoms with van der Waals surface area (Å²) in [5.74, 6) is -0.508. The molecule has 2 aromatic rings. The summed E-state index contributed by atoms with van der Waals surface area (Å²) in [6.07, 6.45) is 1.10. The summed E-state index contributed by atoms with van der Waals surface area (Å²) in [5.41, 5.74) is 2.80. The normalized spacial score (nSPS) is 20.7. The fourth-order valence-corrected chi connectivity index (χ4v) is 3.58. The number of rotatable bonds is 2. The van der Waals surface area contributed by atoms with Crippen LogP contribution in [0.1, 0.15) is 6.42 Å². The summed E-state index contributed by atoms with van der Waals surface area (Å²) in [7, 11) is 0. The van der Waals surface area contributed by atoms with E-state index in [2.05, 4.69) is 15.1 Å². The second-order valence-corrected chi connectivity index (χ2v) is 6.10. The quantitative estimate of drug-likeness (QED) is 0.917. The molecule has 2 aliphatic rings. The van der Waals surface area contributed by atoms with Gasteiger partial charge in [-0.25, -0.2) is 8.78 Å².